The van der Waals surface area contributed by atoms with E-state index in [2.05, 4.69) is 0 Å². The fourth-order valence-electron chi connectivity index (χ4n) is 1.89. The molecule has 0 radical (unpaired) electrons. The fraction of sp³-hybridized carbons (Fsp3) is 0. The van der Waals surface area contributed by atoms with Gasteiger partial charge >= 0.3 is 0 Å². The highest BCUT2D eigenvalue weighted by atomic mass is 32.2. The van der Waals surface area contributed by atoms with E-state index in [9.17, 15) is 21.4 Å². The first-order valence-corrected chi connectivity index (χ1v) is 8.89. The largest absolute Gasteiger partial charge is 0.344 e. The van der Waals surface area contributed by atoms with Gasteiger partial charge in [0.1, 0.15) is 9.79 Å². The molecule has 0 atom stereocenters. The lowest BCUT2D eigenvalue weighted by Gasteiger charge is -2.07. The van der Waals surface area contributed by atoms with Crippen LogP contribution in [0.2, 0.25) is 0 Å². The topological polar surface area (TPSA) is 144 Å². The summed E-state index contributed by atoms with van der Waals surface area (Å²) in [5.41, 5.74) is 0.697. The predicted octanol–water partition coefficient (Wildman–Crippen LogP) is 2.51. The first-order valence-electron chi connectivity index (χ1n) is 6.01. The predicted molar refractivity (Wildman–Crippen MR) is 86.5 cm³/mol. The third kappa shape index (κ3) is 4.71. The summed E-state index contributed by atoms with van der Waals surface area (Å²) >= 11 is 0. The Morgan fingerprint density at radius 2 is 1.35 bits per heavy atom. The monoisotopic (exact) mass is 357 g/mol. The average Bonchev–Trinajstić information content (AvgIpc) is 2.44. The van der Waals surface area contributed by atoms with E-state index >= 15 is 0 Å². The van der Waals surface area contributed by atoms with E-state index in [1.54, 1.807) is 36.4 Å². The van der Waals surface area contributed by atoms with E-state index in [-0.39, 0.29) is 11.7 Å². The Hall–Kier alpha value is -2.04. The molecular formula is C14H15NO6S2. The Bertz CT molecular complexity index is 919. The average molecular weight is 357 g/mol. The zero-order chi connectivity index (χ0) is 16.4. The molecule has 2 rings (SSSR count). The molecule has 0 amide bonds. The maximum absolute atomic E-state index is 11.5. The minimum absolute atomic E-state index is 0. The van der Waals surface area contributed by atoms with Crippen LogP contribution in [0.3, 0.4) is 0 Å². The van der Waals surface area contributed by atoms with Crippen LogP contribution in [0.25, 0.3) is 12.2 Å². The Labute approximate surface area is 134 Å². The van der Waals surface area contributed by atoms with Gasteiger partial charge in [-0.3, -0.25) is 9.11 Å². The smallest absolute Gasteiger partial charge is 0.296 e. The van der Waals surface area contributed by atoms with Gasteiger partial charge < -0.3 is 6.15 Å². The van der Waals surface area contributed by atoms with Crippen LogP contribution in [-0.2, 0) is 20.2 Å². The van der Waals surface area contributed by atoms with Crippen molar-refractivity contribution < 1.29 is 25.9 Å². The molecule has 0 heterocycles. The summed E-state index contributed by atoms with van der Waals surface area (Å²) in [6.45, 7) is 0. The Balaban J connectivity index is 0.00000264. The summed E-state index contributed by atoms with van der Waals surface area (Å²) in [5.74, 6) is 0. The zero-order valence-electron chi connectivity index (χ0n) is 11.8. The van der Waals surface area contributed by atoms with Gasteiger partial charge in [-0.1, -0.05) is 54.6 Å². The van der Waals surface area contributed by atoms with E-state index in [1.165, 1.54) is 18.2 Å². The Morgan fingerprint density at radius 1 is 0.739 bits per heavy atom. The fourth-order valence-corrected chi connectivity index (χ4v) is 3.88. The molecule has 124 valence electrons. The molecule has 2 aromatic rings. The molecule has 5 N–H and O–H groups in total. The van der Waals surface area contributed by atoms with E-state index in [4.69, 9.17) is 4.55 Å². The minimum atomic E-state index is -4.84. The molecule has 23 heavy (non-hydrogen) atoms. The van der Waals surface area contributed by atoms with Crippen molar-refractivity contribution >= 4 is 32.4 Å². The van der Waals surface area contributed by atoms with Crippen LogP contribution in [0.5, 0.6) is 0 Å². The summed E-state index contributed by atoms with van der Waals surface area (Å²) in [5, 5.41) is 0. The normalized spacial score (nSPS) is 12.1. The van der Waals surface area contributed by atoms with Crippen LogP contribution in [0.4, 0.5) is 0 Å². The molecule has 0 fully saturated rings. The van der Waals surface area contributed by atoms with Gasteiger partial charge in [-0.25, -0.2) is 0 Å². The second-order valence-electron chi connectivity index (χ2n) is 4.37. The van der Waals surface area contributed by atoms with Crippen LogP contribution in [0.1, 0.15) is 11.1 Å². The van der Waals surface area contributed by atoms with E-state index in [1.807, 2.05) is 0 Å². The zero-order valence-corrected chi connectivity index (χ0v) is 13.5. The van der Waals surface area contributed by atoms with Gasteiger partial charge in [0.2, 0.25) is 0 Å². The summed E-state index contributed by atoms with van der Waals surface area (Å²) in [7, 11) is -9.64. The number of hydrogen-bond donors (Lipinski definition) is 3. The summed E-state index contributed by atoms with van der Waals surface area (Å²) in [6, 6.07) is 12.4. The van der Waals surface area contributed by atoms with Crippen molar-refractivity contribution in [2.24, 2.45) is 0 Å². The van der Waals surface area contributed by atoms with Gasteiger partial charge in [0.05, 0.1) is 0 Å². The van der Waals surface area contributed by atoms with Gasteiger partial charge in [-0.2, -0.15) is 16.8 Å². The van der Waals surface area contributed by atoms with Gasteiger partial charge in [0.25, 0.3) is 20.2 Å². The number of benzene rings is 2. The first kappa shape index (κ1) is 19.0. The van der Waals surface area contributed by atoms with Crippen molar-refractivity contribution in [3.8, 4) is 0 Å². The van der Waals surface area contributed by atoms with E-state index in [0.29, 0.717) is 0 Å². The van der Waals surface area contributed by atoms with Crippen LogP contribution in [0.15, 0.2) is 58.3 Å². The van der Waals surface area contributed by atoms with Crippen LogP contribution in [0, 0.1) is 0 Å². The molecule has 7 nitrogen and oxygen atoms in total. The molecule has 0 saturated carbocycles. The van der Waals surface area contributed by atoms with Gasteiger partial charge in [0.15, 0.2) is 0 Å². The van der Waals surface area contributed by atoms with Gasteiger partial charge in [-0.05, 0) is 17.2 Å². The highest BCUT2D eigenvalue weighted by Gasteiger charge is 2.26. The third-order valence-corrected chi connectivity index (χ3v) is 4.80. The lowest BCUT2D eigenvalue weighted by Crippen LogP contribution is -2.10. The van der Waals surface area contributed by atoms with E-state index in [0.717, 1.165) is 11.6 Å². The highest BCUT2D eigenvalue weighted by Crippen LogP contribution is 2.26. The van der Waals surface area contributed by atoms with Crippen molar-refractivity contribution in [2.45, 2.75) is 9.79 Å². The molecule has 0 bridgehead atoms. The number of hydrogen-bond acceptors (Lipinski definition) is 5. The lowest BCUT2D eigenvalue weighted by atomic mass is 10.1. The Morgan fingerprint density at radius 3 is 1.87 bits per heavy atom. The standard InChI is InChI=1S/C14H12O6S2.H3N/c15-21(16,17)13-8-4-7-12(14(13)22(18,19)20)10-9-11-5-2-1-3-6-11;/h1-10H,(H,15,16,17)(H,18,19,20);1H3. The first-order chi connectivity index (χ1) is 10.2. The molecule has 0 aliphatic rings. The van der Waals surface area contributed by atoms with Gasteiger partial charge in [0, 0.05) is 0 Å². The third-order valence-electron chi connectivity index (χ3n) is 2.80. The van der Waals surface area contributed by atoms with Crippen molar-refractivity contribution in [2.75, 3.05) is 0 Å². The summed E-state index contributed by atoms with van der Waals surface area (Å²) in [6.07, 6.45) is 2.89. The molecule has 0 aliphatic carbocycles. The molecule has 0 saturated heterocycles. The molecule has 0 spiro atoms. The SMILES string of the molecule is N.O=S(=O)(O)c1cccc(C=Cc2ccccc2)c1S(=O)(=O)O. The maximum atomic E-state index is 11.5. The van der Waals surface area contributed by atoms with Crippen LogP contribution < -0.4 is 6.15 Å². The second kappa shape index (κ2) is 7.02. The lowest BCUT2D eigenvalue weighted by molar-refractivity contribution is 0.466. The van der Waals surface area contributed by atoms with Crippen molar-refractivity contribution in [1.82, 2.24) is 6.15 Å². The second-order valence-corrected chi connectivity index (χ2v) is 7.12. The van der Waals surface area contributed by atoms with Gasteiger partial charge in [-0.15, -0.1) is 0 Å². The molecule has 0 aromatic heterocycles. The minimum Gasteiger partial charge on any atom is -0.344 e. The van der Waals surface area contributed by atoms with Crippen molar-refractivity contribution in [3.63, 3.8) is 0 Å². The number of rotatable bonds is 4. The van der Waals surface area contributed by atoms with Crippen molar-refractivity contribution in [1.29, 1.82) is 0 Å². The van der Waals surface area contributed by atoms with Crippen LogP contribution >= 0.6 is 0 Å². The summed E-state index contributed by atoms with van der Waals surface area (Å²) in [4.78, 5) is -1.73. The highest BCUT2D eigenvalue weighted by molar-refractivity contribution is 7.89. The molecular weight excluding hydrogens is 342 g/mol. The quantitative estimate of drug-likeness (QED) is 0.563. The molecule has 9 heteroatoms. The molecule has 0 unspecified atom stereocenters. The summed E-state index contributed by atoms with van der Waals surface area (Å²) < 4.78 is 63.9. The Kier molecular flexibility index (Phi) is 5.81. The van der Waals surface area contributed by atoms with Crippen molar-refractivity contribution in [3.05, 3.63) is 59.7 Å². The maximum Gasteiger partial charge on any atom is 0.296 e. The van der Waals surface area contributed by atoms with Crippen LogP contribution in [-0.4, -0.2) is 25.9 Å². The molecule has 0 aliphatic heterocycles. The molecule has 2 aromatic carbocycles. The van der Waals surface area contributed by atoms with E-state index < -0.39 is 30.0 Å².